The minimum absolute atomic E-state index is 0.0932. The van der Waals surface area contributed by atoms with Gasteiger partial charge in [-0.15, -0.1) is 0 Å². The third-order valence-electron chi connectivity index (χ3n) is 2.45. The maximum Gasteiger partial charge on any atom is 0.433 e. The summed E-state index contributed by atoms with van der Waals surface area (Å²) in [6, 6.07) is 1.28. The predicted octanol–water partition coefficient (Wildman–Crippen LogP) is 3.02. The zero-order chi connectivity index (χ0) is 16.2. The van der Waals surface area contributed by atoms with E-state index in [2.05, 4.69) is 9.72 Å². The number of aromatic nitrogens is 1. The predicted molar refractivity (Wildman–Crippen MR) is 59.2 cm³/mol. The standard InChI is InChI=1S/C12H9F5N2O2/c1-2-21-9(20)3-6-7(4-18)8(11(13)14)5-19-10(6)12(15,16)17/h5,11H,2-3H2,1H3. The molecule has 114 valence electrons. The number of rotatable bonds is 4. The van der Waals surface area contributed by atoms with Crippen LogP contribution >= 0.6 is 0 Å². The first-order valence-corrected chi connectivity index (χ1v) is 5.65. The highest BCUT2D eigenvalue weighted by molar-refractivity contribution is 5.74. The summed E-state index contributed by atoms with van der Waals surface area (Å²) >= 11 is 0. The maximum absolute atomic E-state index is 12.8. The van der Waals surface area contributed by atoms with Crippen molar-refractivity contribution in [3.63, 3.8) is 0 Å². The highest BCUT2D eigenvalue weighted by Gasteiger charge is 2.38. The quantitative estimate of drug-likeness (QED) is 0.633. The molecule has 0 unspecified atom stereocenters. The molecule has 4 nitrogen and oxygen atoms in total. The molecular formula is C12H9F5N2O2. The van der Waals surface area contributed by atoms with Gasteiger partial charge >= 0.3 is 12.1 Å². The fourth-order valence-electron chi connectivity index (χ4n) is 1.64. The van der Waals surface area contributed by atoms with Crippen LogP contribution in [0.25, 0.3) is 0 Å². The van der Waals surface area contributed by atoms with E-state index in [4.69, 9.17) is 5.26 Å². The van der Waals surface area contributed by atoms with Gasteiger partial charge in [0.25, 0.3) is 6.43 Å². The highest BCUT2D eigenvalue weighted by atomic mass is 19.4. The Morgan fingerprint density at radius 3 is 2.52 bits per heavy atom. The monoisotopic (exact) mass is 308 g/mol. The number of carbonyl (C=O) groups is 1. The Hall–Kier alpha value is -2.24. The molecule has 0 atom stereocenters. The van der Waals surface area contributed by atoms with E-state index >= 15 is 0 Å². The van der Waals surface area contributed by atoms with Crippen molar-refractivity contribution in [2.24, 2.45) is 0 Å². The SMILES string of the molecule is CCOC(=O)Cc1c(C(F)(F)F)ncc(C(F)F)c1C#N. The van der Waals surface area contributed by atoms with Gasteiger partial charge in [0, 0.05) is 11.8 Å². The average molecular weight is 308 g/mol. The average Bonchev–Trinajstić information content (AvgIpc) is 2.36. The molecule has 0 saturated heterocycles. The zero-order valence-corrected chi connectivity index (χ0v) is 10.7. The van der Waals surface area contributed by atoms with E-state index in [-0.39, 0.29) is 6.61 Å². The van der Waals surface area contributed by atoms with Gasteiger partial charge in [-0.05, 0) is 6.92 Å². The zero-order valence-electron chi connectivity index (χ0n) is 10.7. The van der Waals surface area contributed by atoms with Crippen LogP contribution in [0.2, 0.25) is 0 Å². The van der Waals surface area contributed by atoms with Crippen LogP contribution in [0.1, 0.15) is 35.7 Å². The molecule has 0 aliphatic rings. The van der Waals surface area contributed by atoms with Crippen LogP contribution in [0.3, 0.4) is 0 Å². The lowest BCUT2D eigenvalue weighted by Gasteiger charge is -2.15. The number of pyridine rings is 1. The van der Waals surface area contributed by atoms with Crippen molar-refractivity contribution in [3.8, 4) is 6.07 Å². The maximum atomic E-state index is 12.8. The summed E-state index contributed by atoms with van der Waals surface area (Å²) < 4.78 is 68.4. The minimum Gasteiger partial charge on any atom is -0.466 e. The summed E-state index contributed by atoms with van der Waals surface area (Å²) in [6.07, 6.45) is -8.83. The van der Waals surface area contributed by atoms with Crippen molar-refractivity contribution >= 4 is 5.97 Å². The van der Waals surface area contributed by atoms with Gasteiger partial charge < -0.3 is 4.74 Å². The molecule has 0 aliphatic heterocycles. The minimum atomic E-state index is -4.98. The van der Waals surface area contributed by atoms with Gasteiger partial charge in [-0.3, -0.25) is 9.78 Å². The van der Waals surface area contributed by atoms with E-state index in [0.29, 0.717) is 6.20 Å². The van der Waals surface area contributed by atoms with Gasteiger partial charge in [-0.25, -0.2) is 8.78 Å². The van der Waals surface area contributed by atoms with E-state index in [1.54, 1.807) is 0 Å². The van der Waals surface area contributed by atoms with Crippen LogP contribution in [0, 0.1) is 11.3 Å². The molecule has 0 N–H and O–H groups in total. The molecule has 0 amide bonds. The van der Waals surface area contributed by atoms with Crippen molar-refractivity contribution in [1.29, 1.82) is 5.26 Å². The van der Waals surface area contributed by atoms with Crippen LogP contribution in [0.5, 0.6) is 0 Å². The Bertz CT molecular complexity index is 578. The summed E-state index contributed by atoms with van der Waals surface area (Å²) in [5.74, 6) is -1.06. The normalized spacial score (nSPS) is 11.3. The van der Waals surface area contributed by atoms with Gasteiger partial charge in [-0.2, -0.15) is 18.4 Å². The Morgan fingerprint density at radius 1 is 1.48 bits per heavy atom. The number of carbonyl (C=O) groups excluding carboxylic acids is 1. The van der Waals surface area contributed by atoms with Crippen LogP contribution in [0.15, 0.2) is 6.20 Å². The topological polar surface area (TPSA) is 63.0 Å². The number of alkyl halides is 5. The van der Waals surface area contributed by atoms with Gasteiger partial charge in [0.05, 0.1) is 24.2 Å². The third kappa shape index (κ3) is 3.87. The van der Waals surface area contributed by atoms with Gasteiger partial charge in [-0.1, -0.05) is 0 Å². The van der Waals surface area contributed by atoms with E-state index in [1.165, 1.54) is 13.0 Å². The number of hydrogen-bond donors (Lipinski definition) is 0. The lowest BCUT2D eigenvalue weighted by Crippen LogP contribution is -2.19. The van der Waals surface area contributed by atoms with Crippen LogP contribution < -0.4 is 0 Å². The number of hydrogen-bond acceptors (Lipinski definition) is 4. The van der Waals surface area contributed by atoms with Crippen LogP contribution in [0.4, 0.5) is 22.0 Å². The number of halogens is 5. The van der Waals surface area contributed by atoms with Crippen molar-refractivity contribution in [2.75, 3.05) is 6.61 Å². The molecule has 0 spiro atoms. The second-order valence-electron chi connectivity index (χ2n) is 3.81. The Balaban J connectivity index is 3.49. The highest BCUT2D eigenvalue weighted by Crippen LogP contribution is 2.35. The summed E-state index contributed by atoms with van der Waals surface area (Å²) in [4.78, 5) is 14.3. The summed E-state index contributed by atoms with van der Waals surface area (Å²) in [6.45, 7) is 1.34. The second kappa shape index (κ2) is 6.47. The fraction of sp³-hybridized carbons (Fsp3) is 0.417. The van der Waals surface area contributed by atoms with Crippen molar-refractivity contribution in [3.05, 3.63) is 28.6 Å². The van der Waals surface area contributed by atoms with Crippen molar-refractivity contribution in [1.82, 2.24) is 4.98 Å². The number of nitriles is 1. The smallest absolute Gasteiger partial charge is 0.433 e. The van der Waals surface area contributed by atoms with E-state index < -0.39 is 47.4 Å². The van der Waals surface area contributed by atoms with Gasteiger partial charge in [0.1, 0.15) is 11.8 Å². The molecule has 0 saturated carbocycles. The molecule has 1 rings (SSSR count). The Kier molecular flexibility index (Phi) is 5.18. The molecular weight excluding hydrogens is 299 g/mol. The number of nitrogens with zero attached hydrogens (tertiary/aromatic N) is 2. The van der Waals surface area contributed by atoms with Crippen molar-refractivity contribution < 1.29 is 31.5 Å². The molecule has 0 fully saturated rings. The van der Waals surface area contributed by atoms with E-state index in [0.717, 1.165) is 0 Å². The molecule has 1 aromatic heterocycles. The summed E-state index contributed by atoms with van der Waals surface area (Å²) in [5.41, 5.74) is -4.30. The first-order chi connectivity index (χ1) is 9.72. The molecule has 9 heteroatoms. The fourth-order valence-corrected chi connectivity index (χ4v) is 1.64. The van der Waals surface area contributed by atoms with E-state index in [9.17, 15) is 26.7 Å². The molecule has 0 bridgehead atoms. The third-order valence-corrected chi connectivity index (χ3v) is 2.45. The molecule has 0 radical (unpaired) electrons. The lowest BCUT2D eigenvalue weighted by atomic mass is 9.99. The first-order valence-electron chi connectivity index (χ1n) is 5.65. The Morgan fingerprint density at radius 2 is 2.10 bits per heavy atom. The summed E-state index contributed by atoms with van der Waals surface area (Å²) in [5, 5.41) is 8.85. The van der Waals surface area contributed by atoms with Gasteiger partial charge in [0.15, 0.2) is 0 Å². The lowest BCUT2D eigenvalue weighted by molar-refractivity contribution is -0.144. The Labute approximate surface area is 116 Å². The molecule has 21 heavy (non-hydrogen) atoms. The molecule has 0 aromatic carbocycles. The van der Waals surface area contributed by atoms with Crippen LogP contribution in [-0.2, 0) is 22.1 Å². The summed E-state index contributed by atoms with van der Waals surface area (Å²) in [7, 11) is 0. The number of ether oxygens (including phenoxy) is 1. The molecule has 1 heterocycles. The van der Waals surface area contributed by atoms with Gasteiger partial charge in [0.2, 0.25) is 0 Å². The first kappa shape index (κ1) is 16.8. The molecule has 1 aromatic rings. The largest absolute Gasteiger partial charge is 0.466 e. The second-order valence-corrected chi connectivity index (χ2v) is 3.81. The number of esters is 1. The van der Waals surface area contributed by atoms with Crippen molar-refractivity contribution in [2.45, 2.75) is 25.9 Å². The van der Waals surface area contributed by atoms with Crippen LogP contribution in [-0.4, -0.2) is 17.6 Å². The van der Waals surface area contributed by atoms with E-state index in [1.807, 2.05) is 0 Å². The molecule has 0 aliphatic carbocycles.